The number of fused-ring (bicyclic) bond motifs is 1. The lowest BCUT2D eigenvalue weighted by atomic mass is 10.00. The third-order valence-electron chi connectivity index (χ3n) is 2.74. The summed E-state index contributed by atoms with van der Waals surface area (Å²) in [4.78, 5) is 11.1. The highest BCUT2D eigenvalue weighted by molar-refractivity contribution is 5.89. The normalized spacial score (nSPS) is 32.9. The molecule has 3 heteroatoms. The highest BCUT2D eigenvalue weighted by Crippen LogP contribution is 2.33. The number of carbonyl (C=O) groups excluding carboxylic acids is 1. The van der Waals surface area contributed by atoms with Crippen molar-refractivity contribution in [3.05, 3.63) is 11.6 Å². The number of nitrogens with one attached hydrogen (secondary N) is 1. The second-order valence-electron chi connectivity index (χ2n) is 3.47. The van der Waals surface area contributed by atoms with Crippen molar-refractivity contribution in [1.29, 1.82) is 0 Å². The van der Waals surface area contributed by atoms with E-state index in [9.17, 15) is 4.79 Å². The van der Waals surface area contributed by atoms with Gasteiger partial charge in [0.15, 0.2) is 0 Å². The quantitative estimate of drug-likeness (QED) is 0.572. The van der Waals surface area contributed by atoms with Gasteiger partial charge in [0.25, 0.3) is 0 Å². The van der Waals surface area contributed by atoms with Gasteiger partial charge < -0.3 is 10.1 Å². The smallest absolute Gasteiger partial charge is 0.333 e. The fourth-order valence-corrected chi connectivity index (χ4v) is 2.06. The Labute approximate surface area is 71.8 Å². The van der Waals surface area contributed by atoms with Crippen LogP contribution in [0.4, 0.5) is 0 Å². The molecule has 0 aromatic carbocycles. The van der Waals surface area contributed by atoms with Crippen molar-refractivity contribution in [2.75, 3.05) is 20.2 Å². The largest absolute Gasteiger partial charge is 0.466 e. The van der Waals surface area contributed by atoms with Gasteiger partial charge in [-0.05, 0) is 24.8 Å². The molecule has 2 aliphatic rings. The van der Waals surface area contributed by atoms with Crippen molar-refractivity contribution in [2.45, 2.75) is 6.42 Å². The Hall–Kier alpha value is -0.830. The van der Waals surface area contributed by atoms with Crippen molar-refractivity contribution < 1.29 is 9.53 Å². The van der Waals surface area contributed by atoms with Crippen LogP contribution in [-0.2, 0) is 9.53 Å². The molecule has 1 heterocycles. The zero-order valence-corrected chi connectivity index (χ0v) is 7.17. The van der Waals surface area contributed by atoms with Gasteiger partial charge in [-0.25, -0.2) is 4.79 Å². The van der Waals surface area contributed by atoms with Gasteiger partial charge in [-0.3, -0.25) is 0 Å². The van der Waals surface area contributed by atoms with Crippen LogP contribution in [0, 0.1) is 11.8 Å². The molecule has 12 heavy (non-hydrogen) atoms. The Bertz CT molecular complexity index is 235. The molecule has 1 N–H and O–H groups in total. The molecular weight excluding hydrogens is 154 g/mol. The summed E-state index contributed by atoms with van der Waals surface area (Å²) in [7, 11) is 1.44. The maximum Gasteiger partial charge on any atom is 0.333 e. The Kier molecular flexibility index (Phi) is 1.89. The van der Waals surface area contributed by atoms with Crippen LogP contribution in [0.5, 0.6) is 0 Å². The lowest BCUT2D eigenvalue weighted by molar-refractivity contribution is -0.136. The molecule has 66 valence electrons. The van der Waals surface area contributed by atoms with Crippen LogP contribution in [0.1, 0.15) is 6.42 Å². The topological polar surface area (TPSA) is 38.3 Å². The third-order valence-corrected chi connectivity index (χ3v) is 2.74. The predicted octanol–water partition coefficient (Wildman–Crippen LogP) is 0.325. The number of rotatable bonds is 1. The van der Waals surface area contributed by atoms with E-state index >= 15 is 0 Å². The van der Waals surface area contributed by atoms with Crippen molar-refractivity contribution in [1.82, 2.24) is 5.32 Å². The van der Waals surface area contributed by atoms with Crippen LogP contribution in [0.2, 0.25) is 0 Å². The monoisotopic (exact) mass is 167 g/mol. The van der Waals surface area contributed by atoms with E-state index in [1.54, 1.807) is 0 Å². The molecule has 3 nitrogen and oxygen atoms in total. The zero-order valence-electron chi connectivity index (χ0n) is 7.17. The number of methoxy groups -OCH3 is 1. The average Bonchev–Trinajstić information content (AvgIpc) is 2.60. The Morgan fingerprint density at radius 3 is 3.17 bits per heavy atom. The molecule has 0 radical (unpaired) electrons. The van der Waals surface area contributed by atoms with Crippen LogP contribution < -0.4 is 5.32 Å². The highest BCUT2D eigenvalue weighted by atomic mass is 16.5. The third kappa shape index (κ3) is 1.14. The Morgan fingerprint density at radius 2 is 2.50 bits per heavy atom. The van der Waals surface area contributed by atoms with E-state index in [1.165, 1.54) is 7.11 Å². The minimum absolute atomic E-state index is 0.149. The number of hydrogen-bond donors (Lipinski definition) is 1. The second-order valence-corrected chi connectivity index (χ2v) is 3.47. The first-order chi connectivity index (χ1) is 5.81. The summed E-state index contributed by atoms with van der Waals surface area (Å²) in [6.45, 7) is 2.06. The van der Waals surface area contributed by atoms with Crippen LogP contribution in [-0.4, -0.2) is 26.2 Å². The van der Waals surface area contributed by atoms with E-state index in [1.807, 2.05) is 0 Å². The molecule has 1 aliphatic carbocycles. The van der Waals surface area contributed by atoms with E-state index in [-0.39, 0.29) is 5.97 Å². The van der Waals surface area contributed by atoms with Crippen molar-refractivity contribution >= 4 is 5.97 Å². The summed E-state index contributed by atoms with van der Waals surface area (Å²) < 4.78 is 4.67. The van der Waals surface area contributed by atoms with Gasteiger partial charge in [-0.2, -0.15) is 0 Å². The summed E-state index contributed by atoms with van der Waals surface area (Å²) >= 11 is 0. The first kappa shape index (κ1) is 7.80. The van der Waals surface area contributed by atoms with Gasteiger partial charge in [0.1, 0.15) is 0 Å². The fraction of sp³-hybridized carbons (Fsp3) is 0.667. The first-order valence-electron chi connectivity index (χ1n) is 4.31. The first-order valence-corrected chi connectivity index (χ1v) is 4.31. The van der Waals surface area contributed by atoms with E-state index < -0.39 is 0 Å². The van der Waals surface area contributed by atoms with Crippen molar-refractivity contribution in [2.24, 2.45) is 11.8 Å². The predicted molar refractivity (Wildman–Crippen MR) is 44.6 cm³/mol. The van der Waals surface area contributed by atoms with Gasteiger partial charge in [0, 0.05) is 12.1 Å². The highest BCUT2D eigenvalue weighted by Gasteiger charge is 2.33. The maximum atomic E-state index is 11.1. The molecule has 1 fully saturated rings. The lowest BCUT2D eigenvalue weighted by Gasteiger charge is -2.04. The van der Waals surface area contributed by atoms with Crippen molar-refractivity contribution in [3.63, 3.8) is 0 Å². The average molecular weight is 167 g/mol. The molecule has 0 aromatic rings. The molecule has 2 rings (SSSR count). The molecule has 0 saturated carbocycles. The van der Waals surface area contributed by atoms with E-state index in [0.29, 0.717) is 11.8 Å². The molecule has 2 unspecified atom stereocenters. The molecule has 0 bridgehead atoms. The van der Waals surface area contributed by atoms with Crippen molar-refractivity contribution in [3.8, 4) is 0 Å². The van der Waals surface area contributed by atoms with Crippen LogP contribution in [0.3, 0.4) is 0 Å². The van der Waals surface area contributed by atoms with Gasteiger partial charge in [-0.1, -0.05) is 6.08 Å². The number of esters is 1. The molecule has 0 aromatic heterocycles. The van der Waals surface area contributed by atoms with Gasteiger partial charge in [-0.15, -0.1) is 0 Å². The maximum absolute atomic E-state index is 11.1. The lowest BCUT2D eigenvalue weighted by Crippen LogP contribution is -2.11. The SMILES string of the molecule is COC(=O)C1=CC2CNCC2C1. The van der Waals surface area contributed by atoms with E-state index in [4.69, 9.17) is 0 Å². The zero-order chi connectivity index (χ0) is 8.55. The number of carbonyl (C=O) groups is 1. The minimum atomic E-state index is -0.149. The van der Waals surface area contributed by atoms with E-state index in [0.717, 1.165) is 25.1 Å². The molecule has 0 spiro atoms. The van der Waals surface area contributed by atoms with Crippen LogP contribution >= 0.6 is 0 Å². The second kappa shape index (κ2) is 2.90. The summed E-state index contributed by atoms with van der Waals surface area (Å²) in [6, 6.07) is 0. The summed E-state index contributed by atoms with van der Waals surface area (Å²) in [6.07, 6.45) is 2.96. The summed E-state index contributed by atoms with van der Waals surface area (Å²) in [5.41, 5.74) is 0.869. The Balaban J connectivity index is 2.07. The summed E-state index contributed by atoms with van der Waals surface area (Å²) in [5.74, 6) is 1.06. The molecule has 2 atom stereocenters. The van der Waals surface area contributed by atoms with Gasteiger partial charge >= 0.3 is 5.97 Å². The summed E-state index contributed by atoms with van der Waals surface area (Å²) in [5, 5.41) is 3.31. The van der Waals surface area contributed by atoms with Crippen LogP contribution in [0.15, 0.2) is 11.6 Å². The van der Waals surface area contributed by atoms with Gasteiger partial charge in [0.2, 0.25) is 0 Å². The fourth-order valence-electron chi connectivity index (χ4n) is 2.06. The molecule has 0 amide bonds. The standard InChI is InChI=1S/C9H13NO2/c1-12-9(11)6-2-7-4-10-5-8(7)3-6/h2,7-8,10H,3-5H2,1H3. The number of hydrogen-bond acceptors (Lipinski definition) is 3. The van der Waals surface area contributed by atoms with E-state index in [2.05, 4.69) is 16.1 Å². The Morgan fingerprint density at radius 1 is 1.67 bits per heavy atom. The minimum Gasteiger partial charge on any atom is -0.466 e. The van der Waals surface area contributed by atoms with Gasteiger partial charge in [0.05, 0.1) is 7.11 Å². The van der Waals surface area contributed by atoms with Crippen LogP contribution in [0.25, 0.3) is 0 Å². The molecule has 1 aliphatic heterocycles. The molecular formula is C9H13NO2. The molecule has 1 saturated heterocycles. The number of ether oxygens (including phenoxy) is 1.